The highest BCUT2D eigenvalue weighted by Crippen LogP contribution is 2.28. The third-order valence-electron chi connectivity index (χ3n) is 2.99. The highest BCUT2D eigenvalue weighted by molar-refractivity contribution is 7.90. The normalized spacial score (nSPS) is 11.2. The first kappa shape index (κ1) is 16.3. The zero-order valence-corrected chi connectivity index (χ0v) is 13.1. The monoisotopic (exact) mass is 341 g/mol. The van der Waals surface area contributed by atoms with Crippen molar-refractivity contribution < 1.29 is 18.1 Å². The quantitative estimate of drug-likeness (QED) is 0.615. The average Bonchev–Trinajstić information content (AvgIpc) is 2.47. The van der Waals surface area contributed by atoms with Crippen molar-refractivity contribution in [3.63, 3.8) is 0 Å². The Hall–Kier alpha value is -2.12. The van der Waals surface area contributed by atoms with E-state index in [1.54, 1.807) is 24.3 Å². The molecule has 0 amide bonds. The Morgan fingerprint density at radius 2 is 1.82 bits per heavy atom. The smallest absolute Gasteiger partial charge is 0.289 e. The number of hydrogen-bond acceptors (Lipinski definition) is 5. The molecule has 22 heavy (non-hydrogen) atoms. The molecule has 0 aliphatic carbocycles. The van der Waals surface area contributed by atoms with Crippen LogP contribution in [0.15, 0.2) is 47.4 Å². The number of ether oxygens (including phenoxy) is 1. The van der Waals surface area contributed by atoms with Crippen LogP contribution in [0.5, 0.6) is 5.75 Å². The molecule has 2 aromatic carbocycles. The van der Waals surface area contributed by atoms with Gasteiger partial charge in [-0.2, -0.15) is 0 Å². The first-order valence-electron chi connectivity index (χ1n) is 6.13. The first-order chi connectivity index (χ1) is 10.3. The summed E-state index contributed by atoms with van der Waals surface area (Å²) in [5.41, 5.74) is 0.121. The number of rotatable bonds is 5. The van der Waals surface area contributed by atoms with Crippen LogP contribution in [-0.4, -0.2) is 20.5 Å². The summed E-state index contributed by atoms with van der Waals surface area (Å²) in [6.45, 7) is 0. The van der Waals surface area contributed by atoms with E-state index in [2.05, 4.69) is 0 Å². The number of benzene rings is 2. The van der Waals surface area contributed by atoms with E-state index in [-0.39, 0.29) is 15.7 Å². The maximum atomic E-state index is 12.3. The molecular weight excluding hydrogens is 330 g/mol. The predicted molar refractivity (Wildman–Crippen MR) is 82.0 cm³/mol. The van der Waals surface area contributed by atoms with E-state index in [9.17, 15) is 18.5 Å². The molecule has 0 saturated carbocycles. The SMILES string of the molecule is COc1ccc(CS(=O)(=O)c2ccc(Cl)c([N+](=O)[O-])c2)cc1. The maximum absolute atomic E-state index is 12.3. The Morgan fingerprint density at radius 3 is 2.36 bits per heavy atom. The van der Waals surface area contributed by atoms with E-state index in [4.69, 9.17) is 16.3 Å². The molecule has 0 atom stereocenters. The summed E-state index contributed by atoms with van der Waals surface area (Å²) < 4.78 is 29.7. The molecule has 0 heterocycles. The molecule has 116 valence electrons. The minimum atomic E-state index is -3.71. The lowest BCUT2D eigenvalue weighted by Gasteiger charge is -2.06. The van der Waals surface area contributed by atoms with Crippen LogP contribution < -0.4 is 4.74 Å². The van der Waals surface area contributed by atoms with Gasteiger partial charge in [-0.15, -0.1) is 0 Å². The Kier molecular flexibility index (Phi) is 4.68. The van der Waals surface area contributed by atoms with Gasteiger partial charge in [0.05, 0.1) is 22.7 Å². The molecule has 0 radical (unpaired) electrons. The van der Waals surface area contributed by atoms with Crippen LogP contribution in [0, 0.1) is 10.1 Å². The maximum Gasteiger partial charge on any atom is 0.289 e. The fraction of sp³-hybridized carbons (Fsp3) is 0.143. The number of sulfone groups is 1. The fourth-order valence-electron chi connectivity index (χ4n) is 1.85. The van der Waals surface area contributed by atoms with Crippen LogP contribution in [0.25, 0.3) is 0 Å². The van der Waals surface area contributed by atoms with Crippen LogP contribution in [0.4, 0.5) is 5.69 Å². The van der Waals surface area contributed by atoms with Gasteiger partial charge in [0.1, 0.15) is 10.8 Å². The number of nitrogens with zero attached hydrogens (tertiary/aromatic N) is 1. The topological polar surface area (TPSA) is 86.5 Å². The molecule has 6 nitrogen and oxygen atoms in total. The molecule has 0 aromatic heterocycles. The molecule has 0 fully saturated rings. The molecule has 0 aliphatic heterocycles. The number of nitro benzene ring substituents is 1. The highest BCUT2D eigenvalue weighted by Gasteiger charge is 2.21. The van der Waals surface area contributed by atoms with Gasteiger partial charge in [0.25, 0.3) is 5.69 Å². The average molecular weight is 342 g/mol. The van der Waals surface area contributed by atoms with Crippen LogP contribution in [0.2, 0.25) is 5.02 Å². The van der Waals surface area contributed by atoms with Gasteiger partial charge in [-0.1, -0.05) is 23.7 Å². The van der Waals surface area contributed by atoms with Gasteiger partial charge in [-0.3, -0.25) is 10.1 Å². The lowest BCUT2D eigenvalue weighted by atomic mass is 10.2. The van der Waals surface area contributed by atoms with Crippen LogP contribution in [-0.2, 0) is 15.6 Å². The van der Waals surface area contributed by atoms with Crippen molar-refractivity contribution in [2.75, 3.05) is 7.11 Å². The second kappa shape index (κ2) is 6.33. The summed E-state index contributed by atoms with van der Waals surface area (Å²) in [5, 5.41) is 10.7. The van der Waals surface area contributed by atoms with Gasteiger partial charge in [-0.25, -0.2) is 8.42 Å². The summed E-state index contributed by atoms with van der Waals surface area (Å²) >= 11 is 5.68. The van der Waals surface area contributed by atoms with E-state index in [1.807, 2.05) is 0 Å². The van der Waals surface area contributed by atoms with Gasteiger partial charge < -0.3 is 4.74 Å². The third kappa shape index (κ3) is 3.55. The van der Waals surface area contributed by atoms with Crippen molar-refractivity contribution in [3.05, 3.63) is 63.2 Å². The zero-order valence-electron chi connectivity index (χ0n) is 11.5. The summed E-state index contributed by atoms with van der Waals surface area (Å²) in [5.74, 6) is 0.346. The Balaban J connectivity index is 2.33. The van der Waals surface area contributed by atoms with Gasteiger partial charge in [0.15, 0.2) is 9.84 Å². The number of hydrogen-bond donors (Lipinski definition) is 0. The van der Waals surface area contributed by atoms with Crippen molar-refractivity contribution in [2.24, 2.45) is 0 Å². The third-order valence-corrected chi connectivity index (χ3v) is 4.99. The van der Waals surface area contributed by atoms with E-state index in [0.29, 0.717) is 11.3 Å². The van der Waals surface area contributed by atoms with E-state index in [0.717, 1.165) is 6.07 Å². The zero-order chi connectivity index (χ0) is 16.3. The van der Waals surface area contributed by atoms with E-state index < -0.39 is 20.4 Å². The number of halogens is 1. The van der Waals surface area contributed by atoms with Crippen molar-refractivity contribution in [3.8, 4) is 5.75 Å². The molecule has 0 N–H and O–H groups in total. The molecule has 2 aromatic rings. The largest absolute Gasteiger partial charge is 0.497 e. The molecular formula is C14H12ClNO5S. The Morgan fingerprint density at radius 1 is 1.18 bits per heavy atom. The van der Waals surface area contributed by atoms with E-state index in [1.165, 1.54) is 19.2 Å². The van der Waals surface area contributed by atoms with Crippen molar-refractivity contribution in [1.29, 1.82) is 0 Å². The van der Waals surface area contributed by atoms with Gasteiger partial charge in [0.2, 0.25) is 0 Å². The Labute approximate surface area is 132 Å². The van der Waals surface area contributed by atoms with Crippen LogP contribution >= 0.6 is 11.6 Å². The summed E-state index contributed by atoms with van der Waals surface area (Å²) in [6, 6.07) is 9.99. The minimum absolute atomic E-state index is 0.103. The summed E-state index contributed by atoms with van der Waals surface area (Å²) in [7, 11) is -2.20. The van der Waals surface area contributed by atoms with Crippen LogP contribution in [0.3, 0.4) is 0 Å². The van der Waals surface area contributed by atoms with Gasteiger partial charge >= 0.3 is 0 Å². The lowest BCUT2D eigenvalue weighted by Crippen LogP contribution is -2.05. The molecule has 0 bridgehead atoms. The summed E-state index contributed by atoms with van der Waals surface area (Å²) in [6.07, 6.45) is 0. The number of nitro groups is 1. The molecule has 0 saturated heterocycles. The van der Waals surface area contributed by atoms with E-state index >= 15 is 0 Å². The minimum Gasteiger partial charge on any atom is -0.497 e. The van der Waals surface area contributed by atoms with Gasteiger partial charge in [-0.05, 0) is 29.8 Å². The molecule has 8 heteroatoms. The Bertz CT molecular complexity index is 802. The lowest BCUT2D eigenvalue weighted by molar-refractivity contribution is -0.384. The summed E-state index contributed by atoms with van der Waals surface area (Å²) in [4.78, 5) is 9.99. The van der Waals surface area contributed by atoms with Gasteiger partial charge in [0, 0.05) is 6.07 Å². The second-order valence-electron chi connectivity index (χ2n) is 4.48. The standard InChI is InChI=1S/C14H12ClNO5S/c1-21-11-4-2-10(3-5-11)9-22(19,20)12-6-7-13(15)14(8-12)16(17)18/h2-8H,9H2,1H3. The first-order valence-corrected chi connectivity index (χ1v) is 8.16. The fourth-order valence-corrected chi connectivity index (χ4v) is 3.40. The molecule has 2 rings (SSSR count). The molecule has 0 spiro atoms. The second-order valence-corrected chi connectivity index (χ2v) is 6.87. The van der Waals surface area contributed by atoms with Crippen LogP contribution in [0.1, 0.15) is 5.56 Å². The van der Waals surface area contributed by atoms with Crippen molar-refractivity contribution in [2.45, 2.75) is 10.6 Å². The predicted octanol–water partition coefficient (Wildman–Crippen LogP) is 3.23. The molecule has 0 unspecified atom stereocenters. The number of methoxy groups -OCH3 is 1. The van der Waals surface area contributed by atoms with Crippen molar-refractivity contribution in [1.82, 2.24) is 0 Å². The molecule has 0 aliphatic rings. The highest BCUT2D eigenvalue weighted by atomic mass is 35.5. The van der Waals surface area contributed by atoms with Crippen molar-refractivity contribution >= 4 is 27.1 Å².